The number of carbonyl (C=O) groups excluding carboxylic acids is 2. The van der Waals surface area contributed by atoms with Gasteiger partial charge in [-0.3, -0.25) is 4.79 Å². The van der Waals surface area contributed by atoms with Crippen molar-refractivity contribution in [3.05, 3.63) is 123 Å². The summed E-state index contributed by atoms with van der Waals surface area (Å²) in [5.74, 6) is -1.96. The Morgan fingerprint density at radius 1 is 0.881 bits per heavy atom. The molecule has 0 fully saturated rings. The number of carboxylic acids is 1. The molecule has 0 unspecified atom stereocenters. The van der Waals surface area contributed by atoms with Crippen molar-refractivity contribution in [2.24, 2.45) is 0 Å². The fourth-order valence-corrected chi connectivity index (χ4v) is 5.57. The van der Waals surface area contributed by atoms with Crippen LogP contribution in [0.4, 0.5) is 10.5 Å². The second kappa shape index (κ2) is 13.2. The maximum Gasteiger partial charge on any atom is 0.407 e. The number of amides is 2. The lowest BCUT2D eigenvalue weighted by Gasteiger charge is -2.25. The first kappa shape index (κ1) is 29.3. The largest absolute Gasteiger partial charge is 0.478 e. The van der Waals surface area contributed by atoms with Gasteiger partial charge in [-0.15, -0.1) is 0 Å². The van der Waals surface area contributed by atoms with Gasteiger partial charge >= 0.3 is 12.1 Å². The molecule has 8 nitrogen and oxygen atoms in total. The Labute approximate surface area is 257 Å². The fraction of sp³-hybridized carbons (Fsp3) is 0.182. The van der Waals surface area contributed by atoms with Crippen LogP contribution in [0.3, 0.4) is 0 Å². The molecule has 3 N–H and O–H groups in total. The van der Waals surface area contributed by atoms with Crippen LogP contribution in [0.5, 0.6) is 0 Å². The van der Waals surface area contributed by atoms with Crippen molar-refractivity contribution in [3.63, 3.8) is 0 Å². The SMILES string of the molecule is C[C@H](OCc1ccccc1)[C@@H](NC(=O)OCC1c2ccccc2-c2ccccc21)C(=O)Nc1ccc(I)cc1C(=O)O. The minimum Gasteiger partial charge on any atom is -0.478 e. The summed E-state index contributed by atoms with van der Waals surface area (Å²) < 4.78 is 12.4. The monoisotopic (exact) mass is 676 g/mol. The number of halogens is 1. The first-order valence-electron chi connectivity index (χ1n) is 13.4. The van der Waals surface area contributed by atoms with Crippen molar-refractivity contribution in [2.75, 3.05) is 11.9 Å². The van der Waals surface area contributed by atoms with E-state index < -0.39 is 30.1 Å². The lowest BCUT2D eigenvalue weighted by molar-refractivity contribution is -0.121. The molecular weight excluding hydrogens is 647 g/mol. The third-order valence-corrected chi connectivity index (χ3v) is 7.87. The summed E-state index contributed by atoms with van der Waals surface area (Å²) in [5, 5.41) is 15.0. The maximum absolute atomic E-state index is 13.5. The second-order valence-corrected chi connectivity index (χ2v) is 11.2. The number of fused-ring (bicyclic) bond motifs is 3. The summed E-state index contributed by atoms with van der Waals surface area (Å²) in [7, 11) is 0. The van der Waals surface area contributed by atoms with E-state index in [1.807, 2.05) is 89.3 Å². The number of rotatable bonds is 10. The van der Waals surface area contributed by atoms with Gasteiger partial charge in [-0.1, -0.05) is 78.9 Å². The minimum absolute atomic E-state index is 0.0620. The molecule has 214 valence electrons. The number of carbonyl (C=O) groups is 3. The van der Waals surface area contributed by atoms with Gasteiger partial charge in [0.1, 0.15) is 12.6 Å². The molecular formula is C33H29IN2O6. The van der Waals surface area contributed by atoms with Crippen LogP contribution < -0.4 is 10.6 Å². The number of anilines is 1. The van der Waals surface area contributed by atoms with Gasteiger partial charge in [0.25, 0.3) is 0 Å². The predicted molar refractivity (Wildman–Crippen MR) is 167 cm³/mol. The zero-order valence-corrected chi connectivity index (χ0v) is 24.9. The third-order valence-electron chi connectivity index (χ3n) is 7.19. The van der Waals surface area contributed by atoms with Crippen LogP contribution in [0.2, 0.25) is 0 Å². The molecule has 0 aromatic heterocycles. The van der Waals surface area contributed by atoms with Gasteiger partial charge in [0.2, 0.25) is 5.91 Å². The highest BCUT2D eigenvalue weighted by Gasteiger charge is 2.32. The topological polar surface area (TPSA) is 114 Å². The number of nitrogens with one attached hydrogen (secondary N) is 2. The molecule has 2 atom stereocenters. The van der Waals surface area contributed by atoms with Gasteiger partial charge in [-0.05, 0) is 75.5 Å². The van der Waals surface area contributed by atoms with Crippen molar-refractivity contribution < 1.29 is 29.0 Å². The fourth-order valence-electron chi connectivity index (χ4n) is 5.07. The molecule has 1 aliphatic carbocycles. The van der Waals surface area contributed by atoms with Crippen LogP contribution in [0.25, 0.3) is 11.1 Å². The number of carboxylic acid groups (broad SMARTS) is 1. The van der Waals surface area contributed by atoms with Crippen LogP contribution in [-0.2, 0) is 20.9 Å². The van der Waals surface area contributed by atoms with Gasteiger partial charge in [0, 0.05) is 9.49 Å². The molecule has 42 heavy (non-hydrogen) atoms. The number of alkyl carbamates (subject to hydrolysis) is 1. The summed E-state index contributed by atoms with van der Waals surface area (Å²) in [4.78, 5) is 38.4. The van der Waals surface area contributed by atoms with Crippen LogP contribution in [0.1, 0.15) is 39.9 Å². The summed E-state index contributed by atoms with van der Waals surface area (Å²) in [6.45, 7) is 1.96. The Kier molecular flexibility index (Phi) is 9.19. The molecule has 0 heterocycles. The summed E-state index contributed by atoms with van der Waals surface area (Å²) in [6, 6.07) is 29.0. The quantitative estimate of drug-likeness (QED) is 0.167. The first-order valence-corrected chi connectivity index (χ1v) is 14.5. The highest BCUT2D eigenvalue weighted by molar-refractivity contribution is 14.1. The highest BCUT2D eigenvalue weighted by Crippen LogP contribution is 2.44. The van der Waals surface area contributed by atoms with E-state index in [1.54, 1.807) is 13.0 Å². The maximum atomic E-state index is 13.5. The molecule has 0 spiro atoms. The van der Waals surface area contributed by atoms with E-state index in [1.165, 1.54) is 12.1 Å². The molecule has 0 radical (unpaired) electrons. The van der Waals surface area contributed by atoms with Gasteiger partial charge in [-0.25, -0.2) is 9.59 Å². The highest BCUT2D eigenvalue weighted by atomic mass is 127. The van der Waals surface area contributed by atoms with Crippen LogP contribution in [-0.4, -0.2) is 41.8 Å². The zero-order valence-electron chi connectivity index (χ0n) is 22.8. The van der Waals surface area contributed by atoms with E-state index in [2.05, 4.69) is 22.8 Å². The summed E-state index contributed by atoms with van der Waals surface area (Å²) >= 11 is 2.00. The number of benzene rings is 4. The Morgan fingerprint density at radius 3 is 2.14 bits per heavy atom. The van der Waals surface area contributed by atoms with E-state index in [0.29, 0.717) is 3.57 Å². The van der Waals surface area contributed by atoms with E-state index in [-0.39, 0.29) is 30.4 Å². The first-order chi connectivity index (χ1) is 20.3. The number of hydrogen-bond donors (Lipinski definition) is 3. The Morgan fingerprint density at radius 2 is 1.50 bits per heavy atom. The van der Waals surface area contributed by atoms with Gasteiger partial charge in [0.15, 0.2) is 0 Å². The van der Waals surface area contributed by atoms with Gasteiger partial charge < -0.3 is 25.2 Å². The third kappa shape index (κ3) is 6.63. The van der Waals surface area contributed by atoms with Crippen LogP contribution in [0, 0.1) is 3.57 Å². The minimum atomic E-state index is -1.18. The van der Waals surface area contributed by atoms with Crippen molar-refractivity contribution in [1.82, 2.24) is 5.32 Å². The molecule has 0 saturated heterocycles. The predicted octanol–water partition coefficient (Wildman–Crippen LogP) is 6.44. The van der Waals surface area contributed by atoms with E-state index in [4.69, 9.17) is 9.47 Å². The van der Waals surface area contributed by atoms with Gasteiger partial charge in [-0.2, -0.15) is 0 Å². The Hall–Kier alpha value is -4.22. The molecule has 4 aromatic carbocycles. The average Bonchev–Trinajstić information content (AvgIpc) is 3.32. The Bertz CT molecular complexity index is 1560. The molecule has 4 aromatic rings. The Balaban J connectivity index is 1.32. The zero-order chi connectivity index (χ0) is 29.6. The van der Waals surface area contributed by atoms with Crippen molar-refractivity contribution in [1.29, 1.82) is 0 Å². The number of hydrogen-bond acceptors (Lipinski definition) is 5. The molecule has 5 rings (SSSR count). The molecule has 0 saturated carbocycles. The molecule has 9 heteroatoms. The molecule has 0 bridgehead atoms. The van der Waals surface area contributed by atoms with Gasteiger partial charge in [0.05, 0.1) is 24.0 Å². The van der Waals surface area contributed by atoms with E-state index in [9.17, 15) is 19.5 Å². The lowest BCUT2D eigenvalue weighted by atomic mass is 9.98. The lowest BCUT2D eigenvalue weighted by Crippen LogP contribution is -2.51. The smallest absolute Gasteiger partial charge is 0.407 e. The van der Waals surface area contributed by atoms with E-state index in [0.717, 1.165) is 27.8 Å². The average molecular weight is 677 g/mol. The molecule has 1 aliphatic rings. The van der Waals surface area contributed by atoms with Crippen molar-refractivity contribution in [3.8, 4) is 11.1 Å². The second-order valence-electron chi connectivity index (χ2n) is 9.93. The molecule has 0 aliphatic heterocycles. The summed E-state index contributed by atoms with van der Waals surface area (Å²) in [5.41, 5.74) is 5.30. The van der Waals surface area contributed by atoms with E-state index >= 15 is 0 Å². The standard InChI is InChI=1S/C33H29IN2O6/c1-20(41-18-21-9-3-2-4-10-21)30(31(37)35-29-16-15-22(34)17-27(29)32(38)39)36-33(40)42-19-28-25-13-7-5-11-23(25)24-12-6-8-14-26(24)28/h2-17,20,28,30H,18-19H2,1H3,(H,35,37)(H,36,40)(H,38,39)/t20-,30+/m0/s1. The number of ether oxygens (including phenoxy) is 2. The van der Waals surface area contributed by atoms with Crippen LogP contribution in [0.15, 0.2) is 97.1 Å². The number of aromatic carboxylic acids is 1. The molecule has 2 amide bonds. The summed E-state index contributed by atoms with van der Waals surface area (Å²) in [6.07, 6.45) is -1.56. The van der Waals surface area contributed by atoms with Crippen LogP contribution >= 0.6 is 22.6 Å². The van der Waals surface area contributed by atoms with Crippen molar-refractivity contribution in [2.45, 2.75) is 31.6 Å². The van der Waals surface area contributed by atoms with Crippen molar-refractivity contribution >= 4 is 46.2 Å². The normalized spacial score (nSPS) is 13.4.